The number of rotatable bonds is 4. The van der Waals surface area contributed by atoms with E-state index in [0.717, 1.165) is 18.4 Å². The topological polar surface area (TPSA) is 71.0 Å². The van der Waals surface area contributed by atoms with Gasteiger partial charge in [0.2, 0.25) is 5.91 Å². The van der Waals surface area contributed by atoms with Crippen molar-refractivity contribution in [1.29, 1.82) is 0 Å². The number of carbonyl (C=O) groups is 1. The van der Waals surface area contributed by atoms with Crippen molar-refractivity contribution in [3.63, 3.8) is 0 Å². The molecule has 2 aliphatic heterocycles. The van der Waals surface area contributed by atoms with Crippen LogP contribution in [0.1, 0.15) is 24.8 Å². The van der Waals surface area contributed by atoms with Crippen molar-refractivity contribution in [1.82, 2.24) is 10.2 Å². The molecule has 0 aliphatic carbocycles. The number of carbonyl (C=O) groups excluding carboxylic acids is 1. The van der Waals surface area contributed by atoms with Crippen molar-refractivity contribution in [2.75, 3.05) is 26.8 Å². The maximum atomic E-state index is 11.7. The standard InChI is InChI=1S/C19H26Cl2N2O4/c1-22-19(25)7-14-3-5-17-18(27-14)11-26-10-13(24)9-23(17)8-12-2-4-15(20)16(21)6-12/h2,4,6,13-14,17-18,24H,3,5,7-11H2,1H3,(H,22,25)/t13-,14+,17+,18-/m1/s1. The van der Waals surface area contributed by atoms with Crippen molar-refractivity contribution in [2.45, 2.75) is 50.2 Å². The number of hydrogen-bond donors (Lipinski definition) is 2. The first kappa shape index (κ1) is 20.8. The monoisotopic (exact) mass is 416 g/mol. The van der Waals surface area contributed by atoms with E-state index in [4.69, 9.17) is 32.7 Å². The lowest BCUT2D eigenvalue weighted by molar-refractivity contribution is -0.158. The highest BCUT2D eigenvalue weighted by atomic mass is 35.5. The lowest BCUT2D eigenvalue weighted by atomic mass is 9.94. The fourth-order valence-corrected chi connectivity index (χ4v) is 4.13. The van der Waals surface area contributed by atoms with Crippen LogP contribution < -0.4 is 5.32 Å². The van der Waals surface area contributed by atoms with Gasteiger partial charge in [-0.05, 0) is 30.5 Å². The van der Waals surface area contributed by atoms with E-state index in [1.807, 2.05) is 12.1 Å². The number of aliphatic hydroxyl groups excluding tert-OH is 1. The first-order chi connectivity index (χ1) is 13.0. The number of fused-ring (bicyclic) bond motifs is 1. The van der Waals surface area contributed by atoms with Gasteiger partial charge in [0.05, 0.1) is 48.0 Å². The molecule has 0 unspecified atom stereocenters. The van der Waals surface area contributed by atoms with Crippen LogP contribution in [0.5, 0.6) is 0 Å². The summed E-state index contributed by atoms with van der Waals surface area (Å²) in [5, 5.41) is 13.9. The number of aliphatic hydroxyl groups is 1. The van der Waals surface area contributed by atoms with Gasteiger partial charge in [-0.25, -0.2) is 0 Å². The second-order valence-electron chi connectivity index (χ2n) is 7.19. The zero-order chi connectivity index (χ0) is 19.4. The summed E-state index contributed by atoms with van der Waals surface area (Å²) in [4.78, 5) is 13.9. The second kappa shape index (κ2) is 9.54. The molecular formula is C19H26Cl2N2O4. The van der Waals surface area contributed by atoms with Crippen LogP contribution in [-0.4, -0.2) is 67.1 Å². The van der Waals surface area contributed by atoms with Gasteiger partial charge in [0, 0.05) is 26.2 Å². The van der Waals surface area contributed by atoms with Crippen LogP contribution in [0.3, 0.4) is 0 Å². The largest absolute Gasteiger partial charge is 0.389 e. The highest BCUT2D eigenvalue weighted by Gasteiger charge is 2.37. The van der Waals surface area contributed by atoms with Crippen molar-refractivity contribution in [3.8, 4) is 0 Å². The molecule has 0 bridgehead atoms. The van der Waals surface area contributed by atoms with Crippen LogP contribution in [0.2, 0.25) is 10.0 Å². The number of nitrogens with one attached hydrogen (secondary N) is 1. The second-order valence-corrected chi connectivity index (χ2v) is 8.00. The highest BCUT2D eigenvalue weighted by molar-refractivity contribution is 6.42. The summed E-state index contributed by atoms with van der Waals surface area (Å²) in [6.45, 7) is 1.80. The molecule has 1 amide bonds. The quantitative estimate of drug-likeness (QED) is 0.787. The van der Waals surface area contributed by atoms with Crippen LogP contribution in [-0.2, 0) is 20.8 Å². The molecule has 0 aromatic heterocycles. The molecule has 4 atom stereocenters. The molecule has 2 saturated heterocycles. The maximum Gasteiger partial charge on any atom is 0.222 e. The number of hydrogen-bond acceptors (Lipinski definition) is 5. The first-order valence-corrected chi connectivity index (χ1v) is 10.0. The molecule has 0 radical (unpaired) electrons. The van der Waals surface area contributed by atoms with E-state index >= 15 is 0 Å². The van der Waals surface area contributed by atoms with Gasteiger partial charge in [0.15, 0.2) is 0 Å². The van der Waals surface area contributed by atoms with Crippen LogP contribution in [0.4, 0.5) is 0 Å². The molecule has 150 valence electrons. The normalized spacial score (nSPS) is 29.5. The van der Waals surface area contributed by atoms with E-state index in [0.29, 0.717) is 36.2 Å². The smallest absolute Gasteiger partial charge is 0.222 e. The lowest BCUT2D eigenvalue weighted by Crippen LogP contribution is -2.55. The van der Waals surface area contributed by atoms with Crippen LogP contribution in [0, 0.1) is 0 Å². The van der Waals surface area contributed by atoms with Gasteiger partial charge in [-0.15, -0.1) is 0 Å². The van der Waals surface area contributed by atoms with E-state index in [1.165, 1.54) is 0 Å². The van der Waals surface area contributed by atoms with E-state index in [2.05, 4.69) is 10.2 Å². The van der Waals surface area contributed by atoms with Gasteiger partial charge in [0.1, 0.15) is 0 Å². The minimum Gasteiger partial charge on any atom is -0.389 e. The highest BCUT2D eigenvalue weighted by Crippen LogP contribution is 2.30. The molecule has 2 fully saturated rings. The molecule has 2 aliphatic rings. The SMILES string of the molecule is CNC(=O)C[C@@H]1CC[C@H]2[C@@H](COC[C@H](O)CN2Cc2ccc(Cl)c(Cl)c2)O1. The number of halogens is 2. The molecule has 1 aromatic carbocycles. The fourth-order valence-electron chi connectivity index (χ4n) is 3.81. The predicted molar refractivity (Wildman–Crippen MR) is 104 cm³/mol. The van der Waals surface area contributed by atoms with Gasteiger partial charge in [-0.1, -0.05) is 29.3 Å². The molecule has 8 heteroatoms. The summed E-state index contributed by atoms with van der Waals surface area (Å²) in [6, 6.07) is 5.70. The van der Waals surface area contributed by atoms with Crippen LogP contribution in [0.15, 0.2) is 18.2 Å². The third kappa shape index (κ3) is 5.56. The summed E-state index contributed by atoms with van der Waals surface area (Å²) >= 11 is 12.2. The summed E-state index contributed by atoms with van der Waals surface area (Å²) in [6.07, 6.45) is 1.23. The Morgan fingerprint density at radius 3 is 2.85 bits per heavy atom. The third-order valence-corrected chi connectivity index (χ3v) is 5.89. The Hall–Kier alpha value is -0.890. The zero-order valence-corrected chi connectivity index (χ0v) is 16.9. The molecule has 0 spiro atoms. The molecule has 2 heterocycles. The van der Waals surface area contributed by atoms with Crippen LogP contribution in [0.25, 0.3) is 0 Å². The average molecular weight is 417 g/mol. The third-order valence-electron chi connectivity index (χ3n) is 5.15. The number of nitrogens with zero attached hydrogens (tertiary/aromatic N) is 1. The number of benzene rings is 1. The minimum absolute atomic E-state index is 0.0201. The molecule has 0 saturated carbocycles. The Labute approximate surface area is 169 Å². The molecular weight excluding hydrogens is 391 g/mol. The Morgan fingerprint density at radius 1 is 1.30 bits per heavy atom. The summed E-state index contributed by atoms with van der Waals surface area (Å²) < 4.78 is 11.8. The first-order valence-electron chi connectivity index (χ1n) is 9.26. The van der Waals surface area contributed by atoms with Gasteiger partial charge in [0.25, 0.3) is 0 Å². The van der Waals surface area contributed by atoms with Crippen LogP contribution >= 0.6 is 23.2 Å². The van der Waals surface area contributed by atoms with Crippen molar-refractivity contribution >= 4 is 29.1 Å². The summed E-state index contributed by atoms with van der Waals surface area (Å²) in [5.41, 5.74) is 1.03. The number of β-amino-alcohol motifs (C(OH)–C–C–N with tert-alkyl or cyclic N) is 1. The fraction of sp³-hybridized carbons (Fsp3) is 0.632. The van der Waals surface area contributed by atoms with E-state index in [-0.39, 0.29) is 30.8 Å². The van der Waals surface area contributed by atoms with Gasteiger partial charge < -0.3 is 19.9 Å². The van der Waals surface area contributed by atoms with E-state index < -0.39 is 6.10 Å². The summed E-state index contributed by atoms with van der Waals surface area (Å²) in [7, 11) is 1.63. The van der Waals surface area contributed by atoms with Crippen molar-refractivity contribution in [2.24, 2.45) is 0 Å². The molecule has 3 rings (SSSR count). The zero-order valence-electron chi connectivity index (χ0n) is 15.4. The molecule has 6 nitrogen and oxygen atoms in total. The van der Waals surface area contributed by atoms with Crippen molar-refractivity contribution < 1.29 is 19.4 Å². The van der Waals surface area contributed by atoms with Gasteiger partial charge in [-0.2, -0.15) is 0 Å². The van der Waals surface area contributed by atoms with Gasteiger partial charge in [-0.3, -0.25) is 9.69 Å². The molecule has 2 N–H and O–H groups in total. The molecule has 27 heavy (non-hydrogen) atoms. The average Bonchev–Trinajstić information content (AvgIpc) is 2.63. The summed E-state index contributed by atoms with van der Waals surface area (Å²) in [5.74, 6) is -0.0201. The minimum atomic E-state index is -0.558. The Balaban J connectivity index is 1.73. The van der Waals surface area contributed by atoms with E-state index in [9.17, 15) is 9.90 Å². The number of amides is 1. The van der Waals surface area contributed by atoms with Gasteiger partial charge >= 0.3 is 0 Å². The Morgan fingerprint density at radius 2 is 2.11 bits per heavy atom. The lowest BCUT2D eigenvalue weighted by Gasteiger charge is -2.44. The maximum absolute atomic E-state index is 11.7. The Kier molecular flexibility index (Phi) is 7.36. The predicted octanol–water partition coefficient (Wildman–Crippen LogP) is 2.24. The molecule has 1 aromatic rings. The number of ether oxygens (including phenoxy) is 2. The van der Waals surface area contributed by atoms with Crippen molar-refractivity contribution in [3.05, 3.63) is 33.8 Å². The Bertz CT molecular complexity index is 661. The van der Waals surface area contributed by atoms with E-state index in [1.54, 1.807) is 13.1 Å².